The molecular formula is C11H34N2. The van der Waals surface area contributed by atoms with E-state index in [1.54, 1.807) is 0 Å². The van der Waals surface area contributed by atoms with Crippen LogP contribution in [0.4, 0.5) is 0 Å². The lowest BCUT2D eigenvalue weighted by atomic mass is 10.4. The quantitative estimate of drug-likeness (QED) is 0.677. The van der Waals surface area contributed by atoms with Crippen molar-refractivity contribution in [2.24, 2.45) is 0 Å². The van der Waals surface area contributed by atoms with E-state index in [0.717, 1.165) is 19.6 Å². The zero-order chi connectivity index (χ0) is 7.11. The molecule has 0 spiro atoms. The molecule has 0 aromatic heterocycles. The van der Waals surface area contributed by atoms with Crippen molar-refractivity contribution in [3.8, 4) is 0 Å². The zero-order valence-corrected chi connectivity index (χ0v) is 6.78. The minimum Gasteiger partial charge on any atom is -0.315 e. The highest BCUT2D eigenvalue weighted by Gasteiger charge is 1.86. The van der Waals surface area contributed by atoms with Gasteiger partial charge in [-0.25, -0.2) is 0 Å². The molecule has 0 rings (SSSR count). The topological polar surface area (TPSA) is 15.3 Å². The molecule has 0 fully saturated rings. The molecule has 2 heteroatoms. The molecular weight excluding hydrogens is 160 g/mol. The minimum absolute atomic E-state index is 0. The van der Waals surface area contributed by atoms with Crippen molar-refractivity contribution >= 4 is 0 Å². The van der Waals surface area contributed by atoms with Gasteiger partial charge >= 0.3 is 0 Å². The van der Waals surface area contributed by atoms with Crippen LogP contribution in [0.3, 0.4) is 0 Å². The average molecular weight is 194 g/mol. The molecule has 0 aliphatic heterocycles. The first-order chi connectivity index (χ1) is 4.27. The van der Waals surface area contributed by atoms with Crippen molar-refractivity contribution in [2.45, 2.75) is 43.1 Å². The lowest BCUT2D eigenvalue weighted by Gasteiger charge is -2.08. The number of nitrogens with zero attached hydrogens (tertiary/aromatic N) is 1. The Morgan fingerprint density at radius 3 is 1.69 bits per heavy atom. The summed E-state index contributed by atoms with van der Waals surface area (Å²) >= 11 is 0. The summed E-state index contributed by atoms with van der Waals surface area (Å²) in [6, 6.07) is 0. The summed E-state index contributed by atoms with van der Waals surface area (Å²) in [4.78, 5) is 2.18. The fraction of sp³-hybridized carbons (Fsp3) is 1.00. The molecule has 1 N–H and O–H groups in total. The van der Waals surface area contributed by atoms with Gasteiger partial charge in [-0.05, 0) is 27.1 Å². The van der Waals surface area contributed by atoms with E-state index in [9.17, 15) is 0 Å². The fourth-order valence-corrected chi connectivity index (χ4v) is 0.604. The van der Waals surface area contributed by atoms with Gasteiger partial charge in [-0.3, -0.25) is 0 Å². The predicted octanol–water partition coefficient (Wildman–Crippen LogP) is 3.09. The van der Waals surface area contributed by atoms with Gasteiger partial charge < -0.3 is 10.2 Å². The van der Waals surface area contributed by atoms with Gasteiger partial charge in [0.15, 0.2) is 0 Å². The highest BCUT2D eigenvalue weighted by Crippen LogP contribution is 1.72. The van der Waals surface area contributed by atoms with Crippen LogP contribution in [0.2, 0.25) is 0 Å². The van der Waals surface area contributed by atoms with Gasteiger partial charge in [-0.2, -0.15) is 0 Å². The maximum absolute atomic E-state index is 3.32. The Labute approximate surface area is 87.7 Å². The Kier molecular flexibility index (Phi) is 51.0. The maximum Gasteiger partial charge on any atom is 0.0101 e. The van der Waals surface area contributed by atoms with E-state index < -0.39 is 0 Å². The van der Waals surface area contributed by atoms with E-state index in [4.69, 9.17) is 0 Å². The van der Waals surface area contributed by atoms with Crippen LogP contribution in [0.15, 0.2) is 0 Å². The van der Waals surface area contributed by atoms with E-state index in [-0.39, 0.29) is 29.7 Å². The molecule has 0 unspecified atom stereocenters. The molecule has 2 nitrogen and oxygen atoms in total. The lowest BCUT2D eigenvalue weighted by molar-refractivity contribution is 0.400. The van der Waals surface area contributed by atoms with Crippen molar-refractivity contribution in [1.29, 1.82) is 0 Å². The predicted molar refractivity (Wildman–Crippen MR) is 68.6 cm³/mol. The fourth-order valence-electron chi connectivity index (χ4n) is 0.604. The molecule has 0 saturated carbocycles. The molecule has 0 aliphatic carbocycles. The van der Waals surface area contributed by atoms with Crippen molar-refractivity contribution < 1.29 is 0 Å². The Bertz CT molecular complexity index is 54.1. The molecule has 0 bridgehead atoms. The average Bonchev–Trinajstić information content (AvgIpc) is 1.80. The SMILES string of the molecule is C.C.C.C.CCCNCCN(C)C. The van der Waals surface area contributed by atoms with Crippen LogP contribution in [-0.2, 0) is 0 Å². The van der Waals surface area contributed by atoms with Gasteiger partial charge in [0.2, 0.25) is 0 Å². The third-order valence-electron chi connectivity index (χ3n) is 1.16. The summed E-state index contributed by atoms with van der Waals surface area (Å²) in [6.45, 7) is 5.58. The molecule has 0 aromatic carbocycles. The summed E-state index contributed by atoms with van der Waals surface area (Å²) in [5.74, 6) is 0. The van der Waals surface area contributed by atoms with E-state index in [0.29, 0.717) is 0 Å². The highest BCUT2D eigenvalue weighted by atomic mass is 15.1. The molecule has 88 valence electrons. The van der Waals surface area contributed by atoms with Crippen molar-refractivity contribution in [3.63, 3.8) is 0 Å². The second-order valence-electron chi connectivity index (χ2n) is 2.55. The molecule has 0 radical (unpaired) electrons. The molecule has 0 amide bonds. The third kappa shape index (κ3) is 33.5. The normalized spacial score (nSPS) is 7.38. The van der Waals surface area contributed by atoms with Gasteiger partial charge in [0.25, 0.3) is 0 Å². The second-order valence-corrected chi connectivity index (χ2v) is 2.55. The Morgan fingerprint density at radius 2 is 1.38 bits per heavy atom. The Morgan fingerprint density at radius 1 is 0.923 bits per heavy atom. The molecule has 13 heavy (non-hydrogen) atoms. The third-order valence-corrected chi connectivity index (χ3v) is 1.16. The summed E-state index contributed by atoms with van der Waals surface area (Å²) in [5, 5.41) is 3.32. The molecule has 0 atom stereocenters. The highest BCUT2D eigenvalue weighted by molar-refractivity contribution is 4.48. The number of likely N-dealkylation sites (N-methyl/N-ethyl adjacent to an activating group) is 1. The van der Waals surface area contributed by atoms with Crippen LogP contribution in [0.5, 0.6) is 0 Å². The Hall–Kier alpha value is -0.0800. The lowest BCUT2D eigenvalue weighted by Crippen LogP contribution is -2.26. The number of rotatable bonds is 5. The summed E-state index contributed by atoms with van der Waals surface area (Å²) in [6.07, 6.45) is 1.23. The van der Waals surface area contributed by atoms with Crippen LogP contribution in [0.25, 0.3) is 0 Å². The van der Waals surface area contributed by atoms with Crippen molar-refractivity contribution in [2.75, 3.05) is 33.7 Å². The number of hydrogen-bond acceptors (Lipinski definition) is 2. The van der Waals surface area contributed by atoms with E-state index in [1.165, 1.54) is 6.42 Å². The summed E-state index contributed by atoms with van der Waals surface area (Å²) in [7, 11) is 4.18. The van der Waals surface area contributed by atoms with Crippen molar-refractivity contribution in [1.82, 2.24) is 10.2 Å². The van der Waals surface area contributed by atoms with Gasteiger partial charge in [0.1, 0.15) is 0 Å². The largest absolute Gasteiger partial charge is 0.315 e. The Balaban J connectivity index is -0.0000000533. The van der Waals surface area contributed by atoms with Gasteiger partial charge in [-0.15, -0.1) is 0 Å². The van der Waals surface area contributed by atoms with Gasteiger partial charge in [-0.1, -0.05) is 36.6 Å². The van der Waals surface area contributed by atoms with Crippen LogP contribution >= 0.6 is 0 Å². The van der Waals surface area contributed by atoms with Crippen LogP contribution < -0.4 is 5.32 Å². The second kappa shape index (κ2) is 22.7. The van der Waals surface area contributed by atoms with E-state index in [2.05, 4.69) is 31.2 Å². The number of hydrogen-bond donors (Lipinski definition) is 1. The monoisotopic (exact) mass is 194 g/mol. The summed E-state index contributed by atoms with van der Waals surface area (Å²) in [5.41, 5.74) is 0. The molecule has 0 aromatic rings. The molecule has 0 aliphatic rings. The molecule has 0 heterocycles. The number of nitrogens with one attached hydrogen (secondary N) is 1. The first-order valence-electron chi connectivity index (χ1n) is 3.62. The van der Waals surface area contributed by atoms with Crippen LogP contribution in [0.1, 0.15) is 43.1 Å². The standard InChI is InChI=1S/C7H18N2.4CH4/c1-4-5-8-6-7-9(2)3;;;;/h8H,4-7H2,1-3H3;4*1H4. The zero-order valence-electron chi connectivity index (χ0n) is 6.78. The van der Waals surface area contributed by atoms with Crippen LogP contribution in [-0.4, -0.2) is 38.6 Å². The minimum atomic E-state index is 0. The van der Waals surface area contributed by atoms with Crippen molar-refractivity contribution in [3.05, 3.63) is 0 Å². The van der Waals surface area contributed by atoms with Gasteiger partial charge in [0, 0.05) is 13.1 Å². The maximum atomic E-state index is 3.32. The van der Waals surface area contributed by atoms with E-state index >= 15 is 0 Å². The molecule has 0 saturated heterocycles. The smallest absolute Gasteiger partial charge is 0.0101 e. The summed E-state index contributed by atoms with van der Waals surface area (Å²) < 4.78 is 0. The first-order valence-corrected chi connectivity index (χ1v) is 3.62. The van der Waals surface area contributed by atoms with Crippen LogP contribution in [0, 0.1) is 0 Å². The van der Waals surface area contributed by atoms with Gasteiger partial charge in [0.05, 0.1) is 0 Å². The van der Waals surface area contributed by atoms with E-state index in [1.807, 2.05) is 0 Å². The first kappa shape index (κ1) is 29.3.